The third kappa shape index (κ3) is 3.50. The lowest BCUT2D eigenvalue weighted by Crippen LogP contribution is -2.20. The Labute approximate surface area is 92.3 Å². The highest BCUT2D eigenvalue weighted by Crippen LogP contribution is 2.32. The van der Waals surface area contributed by atoms with Crippen LogP contribution in [0.2, 0.25) is 0 Å². The van der Waals surface area contributed by atoms with Crippen LogP contribution in [0.25, 0.3) is 0 Å². The molecule has 0 saturated heterocycles. The van der Waals surface area contributed by atoms with Crippen LogP contribution in [0.15, 0.2) is 24.3 Å². The van der Waals surface area contributed by atoms with Crippen LogP contribution in [0.3, 0.4) is 0 Å². The summed E-state index contributed by atoms with van der Waals surface area (Å²) in [6.45, 7) is 0.655. The van der Waals surface area contributed by atoms with Gasteiger partial charge in [0.1, 0.15) is 0 Å². The van der Waals surface area contributed by atoms with Gasteiger partial charge in [0.15, 0.2) is 6.10 Å². The largest absolute Gasteiger partial charge is 0.418 e. The average molecular weight is 233 g/mol. The van der Waals surface area contributed by atoms with Gasteiger partial charge in [0, 0.05) is 6.54 Å². The van der Waals surface area contributed by atoms with Gasteiger partial charge in [-0.3, -0.25) is 0 Å². The summed E-state index contributed by atoms with van der Waals surface area (Å²) in [6, 6.07) is 5.78. The summed E-state index contributed by atoms with van der Waals surface area (Å²) in [7, 11) is 3.75. The molecule has 0 aromatic heterocycles. The van der Waals surface area contributed by atoms with Gasteiger partial charge in [-0.25, -0.2) is 0 Å². The highest BCUT2D eigenvalue weighted by molar-refractivity contribution is 5.24. The first-order chi connectivity index (χ1) is 7.30. The molecule has 1 N–H and O–H groups in total. The van der Waals surface area contributed by atoms with E-state index in [0.29, 0.717) is 6.54 Å². The van der Waals surface area contributed by atoms with E-state index in [1.165, 1.54) is 12.1 Å². The van der Waals surface area contributed by atoms with E-state index in [4.69, 9.17) is 5.11 Å². The predicted octanol–water partition coefficient (Wildman–Crippen LogP) is 2.34. The monoisotopic (exact) mass is 233 g/mol. The van der Waals surface area contributed by atoms with Crippen LogP contribution < -0.4 is 0 Å². The summed E-state index contributed by atoms with van der Waals surface area (Å²) in [5, 5.41) is 8.99. The van der Waals surface area contributed by atoms with Gasteiger partial charge >= 0.3 is 6.18 Å². The molecule has 1 aromatic rings. The zero-order valence-electron chi connectivity index (χ0n) is 9.12. The van der Waals surface area contributed by atoms with Crippen LogP contribution in [0.1, 0.15) is 17.2 Å². The fourth-order valence-electron chi connectivity index (χ4n) is 1.36. The normalized spacial score (nSPS) is 14.2. The highest BCUT2D eigenvalue weighted by Gasteiger charge is 2.39. The Balaban J connectivity index is 2.79. The number of aliphatic hydroxyl groups excluding tert-OH is 1. The fourth-order valence-corrected chi connectivity index (χ4v) is 1.36. The van der Waals surface area contributed by atoms with Crippen molar-refractivity contribution in [1.29, 1.82) is 0 Å². The van der Waals surface area contributed by atoms with Crippen LogP contribution in [0, 0.1) is 0 Å². The van der Waals surface area contributed by atoms with Crippen LogP contribution in [0.4, 0.5) is 13.2 Å². The molecule has 2 nitrogen and oxygen atoms in total. The lowest BCUT2D eigenvalue weighted by molar-refractivity contribution is -0.206. The Morgan fingerprint density at radius 3 is 2.06 bits per heavy atom. The quantitative estimate of drug-likeness (QED) is 0.866. The lowest BCUT2D eigenvalue weighted by atomic mass is 10.1. The van der Waals surface area contributed by atoms with E-state index in [9.17, 15) is 13.2 Å². The van der Waals surface area contributed by atoms with Gasteiger partial charge in [0.2, 0.25) is 0 Å². The first-order valence-corrected chi connectivity index (χ1v) is 4.79. The predicted molar refractivity (Wildman–Crippen MR) is 54.8 cm³/mol. The van der Waals surface area contributed by atoms with E-state index in [1.54, 1.807) is 12.1 Å². The molecule has 0 spiro atoms. The molecule has 0 aliphatic heterocycles. The van der Waals surface area contributed by atoms with E-state index in [-0.39, 0.29) is 5.56 Å². The molecule has 0 amide bonds. The number of aliphatic hydroxyl groups is 1. The second-order valence-corrected chi connectivity index (χ2v) is 3.92. The van der Waals surface area contributed by atoms with Gasteiger partial charge in [0.05, 0.1) is 0 Å². The summed E-state index contributed by atoms with van der Waals surface area (Å²) in [6.07, 6.45) is -7.01. The smallest absolute Gasteiger partial charge is 0.379 e. The van der Waals surface area contributed by atoms with Crippen molar-refractivity contribution in [2.75, 3.05) is 14.1 Å². The zero-order chi connectivity index (χ0) is 12.3. The van der Waals surface area contributed by atoms with Gasteiger partial charge in [0.25, 0.3) is 0 Å². The Morgan fingerprint density at radius 2 is 1.69 bits per heavy atom. The molecule has 90 valence electrons. The molecule has 0 heterocycles. The first-order valence-electron chi connectivity index (χ1n) is 4.79. The molecule has 1 atom stereocenters. The summed E-state index contributed by atoms with van der Waals surface area (Å²) in [5.41, 5.74) is 0.776. The number of halogens is 3. The van der Waals surface area contributed by atoms with Crippen LogP contribution >= 0.6 is 0 Å². The fraction of sp³-hybridized carbons (Fsp3) is 0.455. The van der Waals surface area contributed by atoms with Crippen molar-refractivity contribution < 1.29 is 18.3 Å². The minimum atomic E-state index is -4.61. The topological polar surface area (TPSA) is 23.5 Å². The SMILES string of the molecule is CN(C)Cc1ccc(C(O)C(F)(F)F)cc1. The standard InChI is InChI=1S/C11H14F3NO/c1-15(2)7-8-3-5-9(6-4-8)10(16)11(12,13)14/h3-6,10,16H,7H2,1-2H3. The number of hydrogen-bond donors (Lipinski definition) is 1. The molecule has 1 aromatic carbocycles. The van der Waals surface area contributed by atoms with Crippen molar-refractivity contribution in [2.24, 2.45) is 0 Å². The van der Waals surface area contributed by atoms with E-state index < -0.39 is 12.3 Å². The molecular weight excluding hydrogens is 219 g/mol. The lowest BCUT2D eigenvalue weighted by Gasteiger charge is -2.15. The number of rotatable bonds is 3. The first kappa shape index (κ1) is 13.0. The van der Waals surface area contributed by atoms with E-state index in [0.717, 1.165) is 5.56 Å². The van der Waals surface area contributed by atoms with Crippen molar-refractivity contribution >= 4 is 0 Å². The summed E-state index contributed by atoms with van der Waals surface area (Å²) < 4.78 is 36.6. The molecular formula is C11H14F3NO. The minimum Gasteiger partial charge on any atom is -0.379 e. The maximum absolute atomic E-state index is 12.2. The molecule has 1 unspecified atom stereocenters. The third-order valence-corrected chi connectivity index (χ3v) is 2.10. The summed E-state index contributed by atoms with van der Waals surface area (Å²) in [4.78, 5) is 1.91. The second kappa shape index (κ2) is 4.84. The number of hydrogen-bond acceptors (Lipinski definition) is 2. The number of nitrogens with zero attached hydrogens (tertiary/aromatic N) is 1. The molecule has 0 saturated carbocycles. The van der Waals surface area contributed by atoms with E-state index >= 15 is 0 Å². The minimum absolute atomic E-state index is 0.130. The number of benzene rings is 1. The van der Waals surface area contributed by atoms with Gasteiger partial charge in [-0.05, 0) is 25.2 Å². The molecule has 0 radical (unpaired) electrons. The maximum Gasteiger partial charge on any atom is 0.418 e. The third-order valence-electron chi connectivity index (χ3n) is 2.10. The molecule has 0 fully saturated rings. The van der Waals surface area contributed by atoms with Crippen molar-refractivity contribution in [3.05, 3.63) is 35.4 Å². The van der Waals surface area contributed by atoms with Crippen LogP contribution in [0.5, 0.6) is 0 Å². The van der Waals surface area contributed by atoms with Gasteiger partial charge in [-0.2, -0.15) is 13.2 Å². The molecule has 1 rings (SSSR count). The molecule has 0 aliphatic carbocycles. The highest BCUT2D eigenvalue weighted by atomic mass is 19.4. The molecule has 0 bridgehead atoms. The van der Waals surface area contributed by atoms with E-state index in [1.807, 2.05) is 19.0 Å². The summed E-state index contributed by atoms with van der Waals surface area (Å²) in [5.74, 6) is 0. The molecule has 16 heavy (non-hydrogen) atoms. The molecule has 0 aliphatic rings. The maximum atomic E-state index is 12.2. The molecule has 5 heteroatoms. The van der Waals surface area contributed by atoms with Gasteiger partial charge in [-0.15, -0.1) is 0 Å². The van der Waals surface area contributed by atoms with Crippen molar-refractivity contribution in [1.82, 2.24) is 4.90 Å². The van der Waals surface area contributed by atoms with Crippen LogP contribution in [-0.2, 0) is 6.54 Å². The van der Waals surface area contributed by atoms with Crippen molar-refractivity contribution in [3.8, 4) is 0 Å². The van der Waals surface area contributed by atoms with E-state index in [2.05, 4.69) is 0 Å². The van der Waals surface area contributed by atoms with Crippen molar-refractivity contribution in [3.63, 3.8) is 0 Å². The summed E-state index contributed by atoms with van der Waals surface area (Å²) >= 11 is 0. The van der Waals surface area contributed by atoms with Gasteiger partial charge < -0.3 is 10.0 Å². The second-order valence-electron chi connectivity index (χ2n) is 3.92. The Bertz CT molecular complexity index is 332. The average Bonchev–Trinajstić information content (AvgIpc) is 2.15. The Hall–Kier alpha value is -1.07. The van der Waals surface area contributed by atoms with Crippen LogP contribution in [-0.4, -0.2) is 30.3 Å². The Morgan fingerprint density at radius 1 is 1.19 bits per heavy atom. The Kier molecular flexibility index (Phi) is 3.93. The number of alkyl halides is 3. The zero-order valence-corrected chi connectivity index (χ0v) is 9.12. The van der Waals surface area contributed by atoms with Gasteiger partial charge in [-0.1, -0.05) is 24.3 Å². The van der Waals surface area contributed by atoms with Crippen molar-refractivity contribution in [2.45, 2.75) is 18.8 Å².